The zero-order chi connectivity index (χ0) is 28.7. The standard InChI is InChI=1S/C30H31N3O7/c34-24-14-12-22(23-13-15-27(37)33-28(23)24)25(35)18-31-16-5-4-11-26(36)32-21-10-6-9-20(17-21)30(40,29(38)39)19-7-2-1-3-8-19/h1-3,6-10,12-15,17,25,31,34-35,40H,4-5,11,16,18H2,(H,32,36)(H,33,37)(H,38,39)/t25-,30?/m0/s1. The van der Waals surface area contributed by atoms with Gasteiger partial charge < -0.3 is 36.0 Å². The summed E-state index contributed by atoms with van der Waals surface area (Å²) in [5, 5.41) is 47.9. The average molecular weight is 546 g/mol. The SMILES string of the molecule is O=C(CCCCNC[C@H](O)c1ccc(O)c2[nH]c(=O)ccc12)Nc1cccc(C(O)(C(=O)O)c2ccccc2)c1. The molecule has 40 heavy (non-hydrogen) atoms. The summed E-state index contributed by atoms with van der Waals surface area (Å²) in [5.74, 6) is -1.75. The van der Waals surface area contributed by atoms with Crippen LogP contribution in [0, 0.1) is 0 Å². The molecule has 0 bridgehead atoms. The number of fused-ring (bicyclic) bond motifs is 1. The van der Waals surface area contributed by atoms with Crippen molar-refractivity contribution in [3.8, 4) is 5.75 Å². The Balaban J connectivity index is 1.26. The number of aromatic hydroxyl groups is 1. The molecule has 0 saturated heterocycles. The minimum atomic E-state index is -2.26. The maximum Gasteiger partial charge on any atom is 0.345 e. The van der Waals surface area contributed by atoms with Crippen molar-refractivity contribution in [2.24, 2.45) is 0 Å². The average Bonchev–Trinajstić information content (AvgIpc) is 2.95. The smallest absolute Gasteiger partial charge is 0.345 e. The number of amides is 1. The molecular formula is C30H31N3O7. The van der Waals surface area contributed by atoms with Crippen LogP contribution in [0.3, 0.4) is 0 Å². The molecule has 0 aliphatic rings. The van der Waals surface area contributed by atoms with Crippen LogP contribution < -0.4 is 16.2 Å². The maximum absolute atomic E-state index is 12.5. The van der Waals surface area contributed by atoms with Crippen LogP contribution in [0.1, 0.15) is 42.1 Å². The monoisotopic (exact) mass is 545 g/mol. The van der Waals surface area contributed by atoms with Gasteiger partial charge in [0.25, 0.3) is 0 Å². The maximum atomic E-state index is 12.5. The van der Waals surface area contributed by atoms with Crippen molar-refractivity contribution in [2.45, 2.75) is 31.0 Å². The van der Waals surface area contributed by atoms with E-state index >= 15 is 0 Å². The third kappa shape index (κ3) is 6.37. The topological polar surface area (TPSA) is 172 Å². The number of pyridine rings is 1. The van der Waals surface area contributed by atoms with Gasteiger partial charge in [0.05, 0.1) is 11.6 Å². The van der Waals surface area contributed by atoms with Gasteiger partial charge in [0, 0.05) is 35.7 Å². The second kappa shape index (κ2) is 12.6. The van der Waals surface area contributed by atoms with Crippen LogP contribution in [0.5, 0.6) is 5.75 Å². The van der Waals surface area contributed by atoms with Crippen LogP contribution in [-0.2, 0) is 15.2 Å². The van der Waals surface area contributed by atoms with Gasteiger partial charge >= 0.3 is 5.97 Å². The van der Waals surface area contributed by atoms with Crippen LogP contribution in [0.25, 0.3) is 10.9 Å². The minimum absolute atomic E-state index is 0.0737. The van der Waals surface area contributed by atoms with Gasteiger partial charge in [0.2, 0.25) is 17.1 Å². The number of carbonyl (C=O) groups excluding carboxylic acids is 1. The lowest BCUT2D eigenvalue weighted by molar-refractivity contribution is -0.155. The van der Waals surface area contributed by atoms with Crippen molar-refractivity contribution in [1.82, 2.24) is 10.3 Å². The van der Waals surface area contributed by atoms with Crippen molar-refractivity contribution in [3.05, 3.63) is 106 Å². The lowest BCUT2D eigenvalue weighted by atomic mass is 9.86. The number of aromatic amines is 1. The van der Waals surface area contributed by atoms with Gasteiger partial charge in [-0.3, -0.25) is 9.59 Å². The summed E-state index contributed by atoms with van der Waals surface area (Å²) in [7, 11) is 0. The molecule has 10 heteroatoms. The van der Waals surface area contributed by atoms with Gasteiger partial charge in [-0.15, -0.1) is 0 Å². The normalized spacial score (nSPS) is 13.4. The fourth-order valence-corrected chi connectivity index (χ4v) is 4.57. The lowest BCUT2D eigenvalue weighted by Crippen LogP contribution is -2.36. The molecule has 0 spiro atoms. The van der Waals surface area contributed by atoms with Crippen molar-refractivity contribution < 1.29 is 30.0 Å². The number of H-pyrrole nitrogens is 1. The van der Waals surface area contributed by atoms with E-state index in [-0.39, 0.29) is 46.8 Å². The molecule has 1 aromatic heterocycles. The van der Waals surface area contributed by atoms with Crippen LogP contribution in [0.15, 0.2) is 83.7 Å². The molecule has 1 unspecified atom stereocenters. The van der Waals surface area contributed by atoms with E-state index in [1.165, 1.54) is 36.4 Å². The number of phenols is 1. The Labute approximate surface area is 229 Å². The number of carboxylic acid groups (broad SMARTS) is 1. The first-order chi connectivity index (χ1) is 19.2. The highest BCUT2D eigenvalue weighted by Gasteiger charge is 2.40. The third-order valence-electron chi connectivity index (χ3n) is 6.68. The Morgan fingerprint density at radius 1 is 0.925 bits per heavy atom. The van der Waals surface area contributed by atoms with E-state index in [0.29, 0.717) is 36.0 Å². The van der Waals surface area contributed by atoms with Gasteiger partial charge in [-0.25, -0.2) is 4.79 Å². The minimum Gasteiger partial charge on any atom is -0.506 e. The zero-order valence-electron chi connectivity index (χ0n) is 21.6. The van der Waals surface area contributed by atoms with E-state index in [1.54, 1.807) is 42.5 Å². The highest BCUT2D eigenvalue weighted by molar-refractivity contribution is 5.91. The Morgan fingerprint density at radius 3 is 2.42 bits per heavy atom. The van der Waals surface area contributed by atoms with E-state index in [1.807, 2.05) is 0 Å². The zero-order valence-corrected chi connectivity index (χ0v) is 21.6. The van der Waals surface area contributed by atoms with Gasteiger partial charge in [0.15, 0.2) is 0 Å². The van der Waals surface area contributed by atoms with Gasteiger partial charge in [-0.05, 0) is 54.8 Å². The van der Waals surface area contributed by atoms with E-state index in [2.05, 4.69) is 15.6 Å². The second-order valence-electron chi connectivity index (χ2n) is 9.47. The highest BCUT2D eigenvalue weighted by Crippen LogP contribution is 2.32. The number of nitrogens with one attached hydrogen (secondary N) is 3. The Morgan fingerprint density at radius 2 is 1.68 bits per heavy atom. The number of phenolic OH excluding ortho intramolecular Hbond substituents is 1. The molecule has 0 radical (unpaired) electrons. The van der Waals surface area contributed by atoms with Crippen molar-refractivity contribution in [3.63, 3.8) is 0 Å². The van der Waals surface area contributed by atoms with E-state index in [4.69, 9.17) is 0 Å². The molecule has 4 aromatic rings. The first-order valence-electron chi connectivity index (χ1n) is 12.9. The number of aliphatic carboxylic acids is 1. The number of hydrogen-bond acceptors (Lipinski definition) is 7. The predicted octanol–water partition coefficient (Wildman–Crippen LogP) is 2.99. The number of carboxylic acids is 1. The summed E-state index contributed by atoms with van der Waals surface area (Å²) in [6.45, 7) is 0.793. The summed E-state index contributed by atoms with van der Waals surface area (Å²) in [4.78, 5) is 38.6. The first kappa shape index (κ1) is 28.5. The third-order valence-corrected chi connectivity index (χ3v) is 6.68. The summed E-state index contributed by atoms with van der Waals surface area (Å²) in [6.07, 6.45) is 0.592. The van der Waals surface area contributed by atoms with E-state index in [9.17, 15) is 34.8 Å². The van der Waals surface area contributed by atoms with Gasteiger partial charge in [-0.1, -0.05) is 48.5 Å². The van der Waals surface area contributed by atoms with Gasteiger partial charge in [-0.2, -0.15) is 0 Å². The van der Waals surface area contributed by atoms with E-state index in [0.717, 1.165) is 0 Å². The molecule has 3 aromatic carbocycles. The van der Waals surface area contributed by atoms with Crippen molar-refractivity contribution >= 4 is 28.5 Å². The van der Waals surface area contributed by atoms with Crippen LogP contribution in [0.2, 0.25) is 0 Å². The number of aliphatic hydroxyl groups excluding tert-OH is 1. The molecule has 0 saturated carbocycles. The number of benzene rings is 3. The molecule has 0 aliphatic heterocycles. The summed E-state index contributed by atoms with van der Waals surface area (Å²) in [6, 6.07) is 20.1. The van der Waals surface area contributed by atoms with Crippen LogP contribution >= 0.6 is 0 Å². The molecular weight excluding hydrogens is 514 g/mol. The number of rotatable bonds is 12. The fraction of sp³-hybridized carbons (Fsp3) is 0.233. The first-order valence-corrected chi connectivity index (χ1v) is 12.9. The molecule has 10 nitrogen and oxygen atoms in total. The molecule has 1 heterocycles. The van der Waals surface area contributed by atoms with Crippen LogP contribution in [0.4, 0.5) is 5.69 Å². The largest absolute Gasteiger partial charge is 0.506 e. The molecule has 2 atom stereocenters. The number of unbranched alkanes of at least 4 members (excludes halogenated alkanes) is 1. The fourth-order valence-electron chi connectivity index (χ4n) is 4.57. The number of hydrogen-bond donors (Lipinski definition) is 7. The molecule has 4 rings (SSSR count). The number of anilines is 1. The van der Waals surface area contributed by atoms with E-state index < -0.39 is 17.7 Å². The molecule has 1 amide bonds. The number of aromatic nitrogens is 1. The number of carbonyl (C=O) groups is 2. The number of aliphatic hydroxyl groups is 2. The summed E-state index contributed by atoms with van der Waals surface area (Å²) >= 11 is 0. The molecule has 0 aliphatic carbocycles. The molecule has 208 valence electrons. The lowest BCUT2D eigenvalue weighted by Gasteiger charge is -2.25. The Bertz CT molecular complexity index is 1550. The summed E-state index contributed by atoms with van der Waals surface area (Å²) < 4.78 is 0. The van der Waals surface area contributed by atoms with Crippen molar-refractivity contribution in [1.29, 1.82) is 0 Å². The van der Waals surface area contributed by atoms with Crippen molar-refractivity contribution in [2.75, 3.05) is 18.4 Å². The Kier molecular flexibility index (Phi) is 8.95. The molecule has 7 N–H and O–H groups in total. The van der Waals surface area contributed by atoms with Crippen LogP contribution in [-0.4, -0.2) is 50.4 Å². The highest BCUT2D eigenvalue weighted by atomic mass is 16.4. The second-order valence-corrected chi connectivity index (χ2v) is 9.47. The molecule has 0 fully saturated rings. The predicted molar refractivity (Wildman–Crippen MR) is 150 cm³/mol. The summed E-state index contributed by atoms with van der Waals surface area (Å²) in [5.41, 5.74) is -1.06. The Hall–Kier alpha value is -4.51. The van der Waals surface area contributed by atoms with Gasteiger partial charge in [0.1, 0.15) is 5.75 Å². The quantitative estimate of drug-likeness (QED) is 0.133.